The molecule has 4 nitrogen and oxygen atoms in total. The Bertz CT molecular complexity index is 812. The lowest BCUT2D eigenvalue weighted by atomic mass is 9.86. The third kappa shape index (κ3) is 5.18. The predicted octanol–water partition coefficient (Wildman–Crippen LogP) is 3.56. The first kappa shape index (κ1) is 20.2. The van der Waals surface area contributed by atoms with Gasteiger partial charge >= 0.3 is 0 Å². The first-order chi connectivity index (χ1) is 12.2. The molecule has 1 amide bonds. The van der Waals surface area contributed by atoms with Crippen LogP contribution in [0, 0.1) is 32.6 Å². The number of carboxylic acid groups (broad SMARTS) is 1. The van der Waals surface area contributed by atoms with Gasteiger partial charge in [0.25, 0.3) is 0 Å². The summed E-state index contributed by atoms with van der Waals surface area (Å²) in [5.74, 6) is -3.16. The molecule has 0 spiro atoms. The highest BCUT2D eigenvalue weighted by Gasteiger charge is 2.26. The fraction of sp³-hybridized carbons (Fsp3) is 0.333. The van der Waals surface area contributed by atoms with Crippen molar-refractivity contribution in [3.8, 4) is 0 Å². The second-order valence-corrected chi connectivity index (χ2v) is 7.72. The van der Waals surface area contributed by atoms with Gasteiger partial charge in [0, 0.05) is 22.0 Å². The molecule has 2 aromatic rings. The number of carbonyl (C=O) groups excluding carboxylic acids is 2. The van der Waals surface area contributed by atoms with Crippen LogP contribution >= 0.6 is 15.9 Å². The monoisotopic (exact) mass is 416 g/mol. The molecule has 0 radical (unpaired) electrons. The van der Waals surface area contributed by atoms with Crippen molar-refractivity contribution in [3.63, 3.8) is 0 Å². The largest absolute Gasteiger partial charge is 0.550 e. The highest BCUT2D eigenvalue weighted by atomic mass is 79.9. The molecule has 2 aromatic carbocycles. The molecule has 0 aliphatic heterocycles. The molecule has 0 bridgehead atoms. The van der Waals surface area contributed by atoms with Gasteiger partial charge in [-0.05, 0) is 50.5 Å². The Kier molecular flexibility index (Phi) is 6.59. The molecule has 0 aliphatic carbocycles. The maximum atomic E-state index is 12.8. The van der Waals surface area contributed by atoms with Gasteiger partial charge in [-0.3, -0.25) is 4.79 Å². The number of hydrogen-bond acceptors (Lipinski definition) is 3. The molecule has 0 aliphatic rings. The molecule has 2 atom stereocenters. The number of rotatable bonds is 6. The molecule has 0 fully saturated rings. The fourth-order valence-electron chi connectivity index (χ4n) is 3.01. The van der Waals surface area contributed by atoms with E-state index in [1.54, 1.807) is 6.07 Å². The summed E-state index contributed by atoms with van der Waals surface area (Å²) in [6, 6.07) is 11.5. The highest BCUT2D eigenvalue weighted by molar-refractivity contribution is 9.10. The Morgan fingerprint density at radius 1 is 1.08 bits per heavy atom. The van der Waals surface area contributed by atoms with Crippen molar-refractivity contribution in [3.05, 3.63) is 63.1 Å². The van der Waals surface area contributed by atoms with E-state index < -0.39 is 17.8 Å². The maximum absolute atomic E-state index is 12.8. The van der Waals surface area contributed by atoms with E-state index in [2.05, 4.69) is 21.2 Å². The summed E-state index contributed by atoms with van der Waals surface area (Å²) < 4.78 is 0.883. The fourth-order valence-corrected chi connectivity index (χ4v) is 3.39. The van der Waals surface area contributed by atoms with E-state index in [1.165, 1.54) is 6.92 Å². The van der Waals surface area contributed by atoms with Crippen LogP contribution in [0.15, 0.2) is 40.9 Å². The van der Waals surface area contributed by atoms with Gasteiger partial charge in [-0.25, -0.2) is 0 Å². The molecule has 2 rings (SSSR count). The van der Waals surface area contributed by atoms with E-state index in [-0.39, 0.29) is 5.91 Å². The zero-order valence-corrected chi connectivity index (χ0v) is 17.0. The molecule has 1 N–H and O–H groups in total. The minimum atomic E-state index is -1.22. The Morgan fingerprint density at radius 2 is 1.69 bits per heavy atom. The van der Waals surface area contributed by atoms with Crippen LogP contribution in [0.2, 0.25) is 0 Å². The second-order valence-electron chi connectivity index (χ2n) is 6.87. The number of aryl methyl sites for hydroxylation is 3. The number of halogens is 1. The normalized spacial score (nSPS) is 13.1. The average Bonchev–Trinajstić information content (AvgIpc) is 2.54. The number of hydrogen-bond donors (Lipinski definition) is 1. The van der Waals surface area contributed by atoms with Crippen LogP contribution in [0.5, 0.6) is 0 Å². The first-order valence-electron chi connectivity index (χ1n) is 8.52. The number of nitrogens with one attached hydrogen (secondary N) is 1. The number of carbonyl (C=O) groups is 2. The second kappa shape index (κ2) is 8.49. The minimum Gasteiger partial charge on any atom is -0.550 e. The van der Waals surface area contributed by atoms with Crippen molar-refractivity contribution in [2.75, 3.05) is 5.32 Å². The lowest BCUT2D eigenvalue weighted by Gasteiger charge is -2.24. The average molecular weight is 417 g/mol. The number of aliphatic carboxylic acids is 1. The topological polar surface area (TPSA) is 69.2 Å². The summed E-state index contributed by atoms with van der Waals surface area (Å²) >= 11 is 3.44. The van der Waals surface area contributed by atoms with Crippen LogP contribution in [0.3, 0.4) is 0 Å². The van der Waals surface area contributed by atoms with Gasteiger partial charge < -0.3 is 15.2 Å². The number of anilines is 1. The van der Waals surface area contributed by atoms with E-state index in [1.807, 2.05) is 51.1 Å². The van der Waals surface area contributed by atoms with Crippen LogP contribution in [0.4, 0.5) is 5.69 Å². The molecule has 26 heavy (non-hydrogen) atoms. The van der Waals surface area contributed by atoms with Crippen molar-refractivity contribution in [1.29, 1.82) is 0 Å². The zero-order chi connectivity index (χ0) is 19.4. The summed E-state index contributed by atoms with van der Waals surface area (Å²) in [4.78, 5) is 24.2. The van der Waals surface area contributed by atoms with E-state index in [0.717, 1.165) is 26.7 Å². The molecular weight excluding hydrogens is 394 g/mol. The van der Waals surface area contributed by atoms with Gasteiger partial charge in [-0.15, -0.1) is 0 Å². The summed E-state index contributed by atoms with van der Waals surface area (Å²) in [6.07, 6.45) is 0.344. The number of benzene rings is 2. The van der Waals surface area contributed by atoms with Crippen LogP contribution in [-0.4, -0.2) is 11.9 Å². The van der Waals surface area contributed by atoms with Crippen molar-refractivity contribution >= 4 is 33.5 Å². The maximum Gasteiger partial charge on any atom is 0.228 e. The number of carboxylic acids is 1. The molecule has 138 valence electrons. The van der Waals surface area contributed by atoms with Crippen LogP contribution in [-0.2, 0) is 16.0 Å². The molecular formula is C21H23BrNO3-. The third-order valence-corrected chi connectivity index (χ3v) is 5.34. The van der Waals surface area contributed by atoms with Gasteiger partial charge in [0.1, 0.15) is 0 Å². The van der Waals surface area contributed by atoms with Gasteiger partial charge in [0.15, 0.2) is 0 Å². The van der Waals surface area contributed by atoms with E-state index >= 15 is 0 Å². The van der Waals surface area contributed by atoms with E-state index in [4.69, 9.17) is 0 Å². The molecule has 0 aromatic heterocycles. The first-order valence-corrected chi connectivity index (χ1v) is 9.31. The third-order valence-electron chi connectivity index (χ3n) is 4.49. The van der Waals surface area contributed by atoms with E-state index in [0.29, 0.717) is 12.1 Å². The SMILES string of the molecule is Cc1cc(C)cc(C[C@@H](C(=O)Nc2ccc(C)c(Br)c2)[C@H](C)C(=O)[O-])c1. The number of amides is 1. The van der Waals surface area contributed by atoms with Gasteiger partial charge in [-0.1, -0.05) is 58.2 Å². The van der Waals surface area contributed by atoms with Gasteiger partial charge in [0.2, 0.25) is 5.91 Å². The van der Waals surface area contributed by atoms with E-state index in [9.17, 15) is 14.7 Å². The molecule has 5 heteroatoms. The van der Waals surface area contributed by atoms with Crippen molar-refractivity contribution in [2.24, 2.45) is 11.8 Å². The van der Waals surface area contributed by atoms with Crippen molar-refractivity contribution < 1.29 is 14.7 Å². The van der Waals surface area contributed by atoms with Crippen LogP contribution in [0.1, 0.15) is 29.2 Å². The lowest BCUT2D eigenvalue weighted by Crippen LogP contribution is -2.40. The van der Waals surface area contributed by atoms with Gasteiger partial charge in [0.05, 0.1) is 5.92 Å². The zero-order valence-electron chi connectivity index (χ0n) is 15.4. The standard InChI is InChI=1S/C21H24BrNO3/c1-12-7-13(2)9-16(8-12)10-18(15(4)21(25)26)20(24)23-17-6-5-14(3)19(22)11-17/h5-9,11,15,18H,10H2,1-4H3,(H,23,24)(H,25,26)/p-1/t15-,18+/m0/s1. The predicted molar refractivity (Wildman–Crippen MR) is 105 cm³/mol. The Morgan fingerprint density at radius 3 is 2.23 bits per heavy atom. The van der Waals surface area contributed by atoms with Crippen LogP contribution < -0.4 is 10.4 Å². The summed E-state index contributed by atoms with van der Waals surface area (Å²) in [5.41, 5.74) is 4.80. The summed E-state index contributed by atoms with van der Waals surface area (Å²) in [7, 11) is 0. The molecule has 0 saturated heterocycles. The molecule has 0 unspecified atom stereocenters. The van der Waals surface area contributed by atoms with Crippen LogP contribution in [0.25, 0.3) is 0 Å². The quantitative estimate of drug-likeness (QED) is 0.782. The molecule has 0 saturated carbocycles. The smallest absolute Gasteiger partial charge is 0.228 e. The van der Waals surface area contributed by atoms with Crippen molar-refractivity contribution in [1.82, 2.24) is 0 Å². The molecule has 0 heterocycles. The van der Waals surface area contributed by atoms with Crippen molar-refractivity contribution in [2.45, 2.75) is 34.1 Å². The lowest BCUT2D eigenvalue weighted by molar-refractivity contribution is -0.312. The Balaban J connectivity index is 2.26. The minimum absolute atomic E-state index is 0.323. The van der Waals surface area contributed by atoms with Gasteiger partial charge in [-0.2, -0.15) is 0 Å². The Hall–Kier alpha value is -2.14. The summed E-state index contributed by atoms with van der Waals surface area (Å²) in [5, 5.41) is 14.3. The summed E-state index contributed by atoms with van der Waals surface area (Å²) in [6.45, 7) is 7.44. The highest BCUT2D eigenvalue weighted by Crippen LogP contribution is 2.24. The Labute approximate surface area is 162 Å².